The molecule has 1 saturated heterocycles. The molecule has 0 bridgehead atoms. The number of benzene rings is 1. The van der Waals surface area contributed by atoms with Gasteiger partial charge in [0, 0.05) is 53.0 Å². The number of carbonyl (C=O) groups is 1. The Morgan fingerprint density at radius 1 is 1.13 bits per heavy atom. The van der Waals surface area contributed by atoms with Crippen LogP contribution in [0.5, 0.6) is 0 Å². The fraction of sp³-hybridized carbons (Fsp3) is 0.409. The van der Waals surface area contributed by atoms with E-state index < -0.39 is 0 Å². The summed E-state index contributed by atoms with van der Waals surface area (Å²) >= 11 is 0. The third-order valence-corrected chi connectivity index (χ3v) is 5.10. The second-order valence-electron chi connectivity index (χ2n) is 7.31. The lowest BCUT2D eigenvalue weighted by Crippen LogP contribution is -2.47. The number of halogens is 1. The molecule has 8 heteroatoms. The van der Waals surface area contributed by atoms with Crippen molar-refractivity contribution in [2.24, 2.45) is 0 Å². The van der Waals surface area contributed by atoms with Gasteiger partial charge in [0.05, 0.1) is 34.4 Å². The van der Waals surface area contributed by atoms with E-state index in [0.717, 1.165) is 56.2 Å². The first-order valence-corrected chi connectivity index (χ1v) is 9.99. The average molecular weight is 429 g/mol. The first-order valence-electron chi connectivity index (χ1n) is 9.99. The molecule has 1 fully saturated rings. The van der Waals surface area contributed by atoms with Gasteiger partial charge in [0.1, 0.15) is 6.07 Å². The molecule has 0 aliphatic carbocycles. The van der Waals surface area contributed by atoms with Gasteiger partial charge in [-0.2, -0.15) is 5.26 Å². The molecule has 1 aromatic carbocycles. The van der Waals surface area contributed by atoms with Crippen molar-refractivity contribution in [2.45, 2.75) is 13.3 Å². The Labute approximate surface area is 184 Å². The molecular formula is C22H29ClN6O. The number of nitrogens with one attached hydrogen (secondary N) is 1. The normalized spacial score (nSPS) is 13.3. The van der Waals surface area contributed by atoms with Crippen LogP contribution >= 0.6 is 12.4 Å². The molecule has 0 atom stereocenters. The first kappa shape index (κ1) is 23.3. The van der Waals surface area contributed by atoms with Crippen LogP contribution in [0.4, 0.5) is 17.1 Å². The molecule has 0 radical (unpaired) electrons. The molecular weight excluding hydrogens is 400 g/mol. The lowest BCUT2D eigenvalue weighted by Gasteiger charge is -2.38. The molecule has 160 valence electrons. The molecule has 0 unspecified atom stereocenters. The number of anilines is 3. The minimum absolute atomic E-state index is 0. The van der Waals surface area contributed by atoms with E-state index in [9.17, 15) is 10.1 Å². The summed E-state index contributed by atoms with van der Waals surface area (Å²) in [6.45, 7) is 6.09. The fourth-order valence-electron chi connectivity index (χ4n) is 3.56. The van der Waals surface area contributed by atoms with Crippen molar-refractivity contribution in [1.82, 2.24) is 9.88 Å². The Hall–Kier alpha value is -2.98. The maximum atomic E-state index is 12.7. The van der Waals surface area contributed by atoms with Gasteiger partial charge in [-0.05, 0) is 18.6 Å². The summed E-state index contributed by atoms with van der Waals surface area (Å²) in [6.07, 6.45) is 4.45. The van der Waals surface area contributed by atoms with Crippen LogP contribution in [-0.4, -0.2) is 62.6 Å². The zero-order valence-electron chi connectivity index (χ0n) is 17.8. The molecule has 1 amide bonds. The van der Waals surface area contributed by atoms with E-state index in [-0.39, 0.29) is 18.3 Å². The second kappa shape index (κ2) is 10.7. The van der Waals surface area contributed by atoms with Gasteiger partial charge in [-0.1, -0.05) is 19.1 Å². The van der Waals surface area contributed by atoms with E-state index in [0.29, 0.717) is 11.1 Å². The highest BCUT2D eigenvalue weighted by molar-refractivity contribution is 6.02. The topological polar surface area (TPSA) is 75.5 Å². The van der Waals surface area contributed by atoms with Crippen molar-refractivity contribution in [3.63, 3.8) is 0 Å². The summed E-state index contributed by atoms with van der Waals surface area (Å²) in [4.78, 5) is 23.1. The Kier molecular flexibility index (Phi) is 8.31. The largest absolute Gasteiger partial charge is 0.383 e. The van der Waals surface area contributed by atoms with Gasteiger partial charge in [-0.15, -0.1) is 12.4 Å². The number of rotatable bonds is 6. The van der Waals surface area contributed by atoms with Crippen LogP contribution in [0.1, 0.15) is 29.3 Å². The fourth-order valence-corrected chi connectivity index (χ4v) is 3.56. The summed E-state index contributed by atoms with van der Waals surface area (Å²) in [5.74, 6) is -0.0560. The third-order valence-electron chi connectivity index (χ3n) is 5.10. The zero-order valence-corrected chi connectivity index (χ0v) is 18.6. The molecule has 1 aliphatic heterocycles. The summed E-state index contributed by atoms with van der Waals surface area (Å²) in [7, 11) is 3.51. The van der Waals surface area contributed by atoms with Crippen molar-refractivity contribution in [1.29, 1.82) is 5.26 Å². The Morgan fingerprint density at radius 3 is 2.37 bits per heavy atom. The summed E-state index contributed by atoms with van der Waals surface area (Å²) in [5.41, 5.74) is 4.09. The van der Waals surface area contributed by atoms with Crippen LogP contribution in [0.25, 0.3) is 0 Å². The molecule has 1 aromatic heterocycles. The molecule has 1 N–H and O–H groups in total. The molecule has 30 heavy (non-hydrogen) atoms. The summed E-state index contributed by atoms with van der Waals surface area (Å²) < 4.78 is 0. The van der Waals surface area contributed by atoms with E-state index >= 15 is 0 Å². The van der Waals surface area contributed by atoms with Gasteiger partial charge >= 0.3 is 0 Å². The van der Waals surface area contributed by atoms with E-state index in [4.69, 9.17) is 0 Å². The predicted octanol–water partition coefficient (Wildman–Crippen LogP) is 3.23. The predicted molar refractivity (Wildman–Crippen MR) is 124 cm³/mol. The lowest BCUT2D eigenvalue weighted by atomic mass is 10.1. The number of amides is 1. The second-order valence-corrected chi connectivity index (χ2v) is 7.31. The Bertz CT molecular complexity index is 903. The Balaban J connectivity index is 0.00000320. The molecule has 2 heterocycles. The highest BCUT2D eigenvalue weighted by Crippen LogP contribution is 2.31. The van der Waals surface area contributed by atoms with E-state index in [1.165, 1.54) is 0 Å². The van der Waals surface area contributed by atoms with E-state index in [1.807, 2.05) is 30.5 Å². The molecule has 0 spiro atoms. The van der Waals surface area contributed by atoms with Crippen LogP contribution in [0.15, 0.2) is 36.7 Å². The number of piperazine rings is 1. The number of carbonyl (C=O) groups excluding carboxylic acids is 1. The number of aromatic nitrogens is 1. The zero-order chi connectivity index (χ0) is 20.8. The lowest BCUT2D eigenvalue weighted by molar-refractivity contribution is 0.0828. The maximum absolute atomic E-state index is 12.7. The summed E-state index contributed by atoms with van der Waals surface area (Å²) in [5, 5.41) is 12.8. The SMILES string of the molecule is CCCNc1c(C(=O)N(C)C)cncc1N1CCN(c2ccccc2C#N)CC1.Cl. The van der Waals surface area contributed by atoms with Gasteiger partial charge < -0.3 is 20.0 Å². The van der Waals surface area contributed by atoms with Crippen LogP contribution in [0.2, 0.25) is 0 Å². The standard InChI is InChI=1S/C22H28N6O.ClH/c1-4-9-25-21-18(22(29)26(2)3)15-24-16-20(21)28-12-10-27(11-13-28)19-8-6-5-7-17(19)14-23;/h5-8,15-16H,4,9-13H2,1-3H3,(H,24,25);1H. The molecule has 0 saturated carbocycles. The van der Waals surface area contributed by atoms with Crippen molar-refractivity contribution in [2.75, 3.05) is 61.9 Å². The van der Waals surface area contributed by atoms with Crippen LogP contribution < -0.4 is 15.1 Å². The maximum Gasteiger partial charge on any atom is 0.257 e. The minimum Gasteiger partial charge on any atom is -0.383 e. The van der Waals surface area contributed by atoms with E-state index in [1.54, 1.807) is 25.2 Å². The summed E-state index contributed by atoms with van der Waals surface area (Å²) in [6, 6.07) is 10.00. The molecule has 1 aliphatic rings. The average Bonchev–Trinajstić information content (AvgIpc) is 2.77. The molecule has 7 nitrogen and oxygen atoms in total. The van der Waals surface area contributed by atoms with Gasteiger partial charge in [0.2, 0.25) is 0 Å². The first-order chi connectivity index (χ1) is 14.1. The van der Waals surface area contributed by atoms with Crippen molar-refractivity contribution in [3.8, 4) is 6.07 Å². The number of nitriles is 1. The number of pyridine rings is 1. The smallest absolute Gasteiger partial charge is 0.257 e. The van der Waals surface area contributed by atoms with Crippen LogP contribution in [0, 0.1) is 11.3 Å². The van der Waals surface area contributed by atoms with Crippen molar-refractivity contribution < 1.29 is 4.79 Å². The third kappa shape index (κ3) is 4.95. The van der Waals surface area contributed by atoms with Crippen LogP contribution in [0.3, 0.4) is 0 Å². The van der Waals surface area contributed by atoms with Crippen molar-refractivity contribution in [3.05, 3.63) is 47.8 Å². The highest BCUT2D eigenvalue weighted by Gasteiger charge is 2.24. The monoisotopic (exact) mass is 428 g/mol. The van der Waals surface area contributed by atoms with Crippen LogP contribution in [-0.2, 0) is 0 Å². The van der Waals surface area contributed by atoms with Gasteiger partial charge in [0.15, 0.2) is 0 Å². The minimum atomic E-state index is -0.0560. The van der Waals surface area contributed by atoms with Crippen molar-refractivity contribution >= 4 is 35.4 Å². The number of hydrogen-bond donors (Lipinski definition) is 1. The van der Waals surface area contributed by atoms with Gasteiger partial charge in [-0.3, -0.25) is 9.78 Å². The van der Waals surface area contributed by atoms with Gasteiger partial charge in [0.25, 0.3) is 5.91 Å². The number of hydrogen-bond acceptors (Lipinski definition) is 6. The quantitative estimate of drug-likeness (QED) is 0.761. The van der Waals surface area contributed by atoms with Gasteiger partial charge in [-0.25, -0.2) is 0 Å². The highest BCUT2D eigenvalue weighted by atomic mass is 35.5. The molecule has 3 rings (SSSR count). The molecule has 2 aromatic rings. The Morgan fingerprint density at radius 2 is 1.77 bits per heavy atom. The van der Waals surface area contributed by atoms with E-state index in [2.05, 4.69) is 33.1 Å². The number of nitrogens with zero attached hydrogens (tertiary/aromatic N) is 5. The number of para-hydroxylation sites is 1.